The van der Waals surface area contributed by atoms with Gasteiger partial charge in [-0.15, -0.1) is 11.8 Å². The Labute approximate surface area is 173 Å². The van der Waals surface area contributed by atoms with Gasteiger partial charge in [0.2, 0.25) is 11.8 Å². The van der Waals surface area contributed by atoms with Crippen LogP contribution in [0.15, 0.2) is 77.8 Å². The van der Waals surface area contributed by atoms with Gasteiger partial charge in [-0.2, -0.15) is 0 Å². The Hall–Kier alpha value is -3.56. The highest BCUT2D eigenvalue weighted by atomic mass is 32.2. The summed E-state index contributed by atoms with van der Waals surface area (Å²) in [7, 11) is 0. The Kier molecular flexibility index (Phi) is 5.59. The highest BCUT2D eigenvalue weighted by Crippen LogP contribution is 2.34. The minimum atomic E-state index is -0.255. The monoisotopic (exact) mass is 399 g/mol. The van der Waals surface area contributed by atoms with Crippen molar-refractivity contribution >= 4 is 35.0 Å². The fourth-order valence-electron chi connectivity index (χ4n) is 2.92. The molecule has 0 unspecified atom stereocenters. The van der Waals surface area contributed by atoms with Crippen LogP contribution in [0.4, 0.5) is 11.4 Å². The van der Waals surface area contributed by atoms with Crippen LogP contribution >= 0.6 is 11.8 Å². The number of rotatable bonds is 3. The standard InChI is InChI=1S/C23H17N3O2S/c27-22(15-26-20-9-1-2-10-21(20)29-16-23(26)28)25-19-8-5-6-17(14-19)11-12-18-7-3-4-13-24-18/h1-10,13-14H,15-16H2,(H,25,27). The zero-order valence-electron chi connectivity index (χ0n) is 15.5. The van der Waals surface area contributed by atoms with Gasteiger partial charge >= 0.3 is 0 Å². The lowest BCUT2D eigenvalue weighted by Crippen LogP contribution is -2.41. The second-order valence-electron chi connectivity index (χ2n) is 6.33. The number of thioether (sulfide) groups is 1. The van der Waals surface area contributed by atoms with Crippen molar-refractivity contribution in [2.45, 2.75) is 4.90 Å². The molecule has 29 heavy (non-hydrogen) atoms. The van der Waals surface area contributed by atoms with Crippen molar-refractivity contribution in [2.75, 3.05) is 22.5 Å². The van der Waals surface area contributed by atoms with Crippen molar-refractivity contribution in [1.29, 1.82) is 0 Å². The summed E-state index contributed by atoms with van der Waals surface area (Å²) in [6, 6.07) is 20.5. The molecular weight excluding hydrogens is 382 g/mol. The van der Waals surface area contributed by atoms with Gasteiger partial charge in [0.1, 0.15) is 12.2 Å². The number of benzene rings is 2. The van der Waals surface area contributed by atoms with E-state index in [0.29, 0.717) is 17.1 Å². The third-order valence-electron chi connectivity index (χ3n) is 4.26. The number of amides is 2. The molecule has 0 saturated heterocycles. The highest BCUT2D eigenvalue weighted by molar-refractivity contribution is 8.00. The van der Waals surface area contributed by atoms with Gasteiger partial charge in [-0.05, 0) is 48.4 Å². The minimum Gasteiger partial charge on any atom is -0.324 e. The Balaban J connectivity index is 1.46. The second-order valence-corrected chi connectivity index (χ2v) is 7.35. The van der Waals surface area contributed by atoms with Crippen LogP contribution in [-0.4, -0.2) is 29.1 Å². The first-order valence-electron chi connectivity index (χ1n) is 9.04. The normalized spacial score (nSPS) is 12.6. The van der Waals surface area contributed by atoms with E-state index in [9.17, 15) is 9.59 Å². The predicted molar refractivity (Wildman–Crippen MR) is 115 cm³/mol. The molecule has 0 fully saturated rings. The van der Waals surface area contributed by atoms with E-state index in [1.165, 1.54) is 16.7 Å². The number of pyridine rings is 1. The van der Waals surface area contributed by atoms with Crippen LogP contribution in [-0.2, 0) is 9.59 Å². The number of hydrogen-bond acceptors (Lipinski definition) is 4. The SMILES string of the molecule is O=C(CN1C(=O)CSc2ccccc21)Nc1cccc(C#Cc2ccccn2)c1. The van der Waals surface area contributed by atoms with E-state index in [0.717, 1.165) is 16.1 Å². The molecule has 0 saturated carbocycles. The topological polar surface area (TPSA) is 62.3 Å². The van der Waals surface area contributed by atoms with Crippen LogP contribution < -0.4 is 10.2 Å². The van der Waals surface area contributed by atoms with Gasteiger partial charge in [0, 0.05) is 22.3 Å². The van der Waals surface area contributed by atoms with E-state index in [1.807, 2.05) is 54.6 Å². The highest BCUT2D eigenvalue weighted by Gasteiger charge is 2.26. The lowest BCUT2D eigenvalue weighted by atomic mass is 10.2. The summed E-state index contributed by atoms with van der Waals surface area (Å²) >= 11 is 1.49. The molecule has 0 spiro atoms. The fourth-order valence-corrected chi connectivity index (χ4v) is 3.85. The lowest BCUT2D eigenvalue weighted by molar-refractivity contribution is -0.120. The molecule has 1 aromatic heterocycles. The number of anilines is 2. The quantitative estimate of drug-likeness (QED) is 0.684. The summed E-state index contributed by atoms with van der Waals surface area (Å²) in [6.45, 7) is -0.0275. The van der Waals surface area contributed by atoms with Crippen LogP contribution in [0.25, 0.3) is 0 Å². The molecule has 1 aliphatic rings. The van der Waals surface area contributed by atoms with Crippen molar-refractivity contribution in [2.24, 2.45) is 0 Å². The van der Waals surface area contributed by atoms with E-state index in [1.54, 1.807) is 18.3 Å². The molecule has 142 valence electrons. The van der Waals surface area contributed by atoms with Crippen molar-refractivity contribution in [3.05, 3.63) is 84.2 Å². The van der Waals surface area contributed by atoms with Crippen LogP contribution in [0.3, 0.4) is 0 Å². The first-order chi connectivity index (χ1) is 14.2. The summed E-state index contributed by atoms with van der Waals surface area (Å²) in [5, 5.41) is 2.86. The zero-order chi connectivity index (χ0) is 20.1. The molecule has 2 heterocycles. The first-order valence-corrected chi connectivity index (χ1v) is 10.0. The Morgan fingerprint density at radius 1 is 1.07 bits per heavy atom. The first kappa shape index (κ1) is 18.8. The summed E-state index contributed by atoms with van der Waals surface area (Å²) in [5.74, 6) is 6.05. The van der Waals surface area contributed by atoms with Gasteiger partial charge in [-0.1, -0.05) is 30.2 Å². The number of carbonyl (C=O) groups excluding carboxylic acids is 2. The number of carbonyl (C=O) groups is 2. The second kappa shape index (κ2) is 8.63. The Morgan fingerprint density at radius 2 is 1.93 bits per heavy atom. The number of aromatic nitrogens is 1. The molecular formula is C23H17N3O2S. The van der Waals surface area contributed by atoms with Gasteiger partial charge in [0.05, 0.1) is 11.4 Å². The number of nitrogens with one attached hydrogen (secondary N) is 1. The third kappa shape index (κ3) is 4.65. The number of hydrogen-bond donors (Lipinski definition) is 1. The molecule has 3 aromatic rings. The molecule has 0 bridgehead atoms. The molecule has 2 amide bonds. The molecule has 4 rings (SSSR count). The maximum Gasteiger partial charge on any atom is 0.244 e. The summed E-state index contributed by atoms with van der Waals surface area (Å²) < 4.78 is 0. The minimum absolute atomic E-state index is 0.0275. The molecule has 0 radical (unpaired) electrons. The molecule has 6 heteroatoms. The van der Waals surface area contributed by atoms with E-state index >= 15 is 0 Å². The molecule has 0 atom stereocenters. The van der Waals surface area contributed by atoms with E-state index < -0.39 is 0 Å². The summed E-state index contributed by atoms with van der Waals surface area (Å²) in [5.41, 5.74) is 2.86. The van der Waals surface area contributed by atoms with Crippen LogP contribution in [0.2, 0.25) is 0 Å². The smallest absolute Gasteiger partial charge is 0.244 e. The van der Waals surface area contributed by atoms with Crippen molar-refractivity contribution < 1.29 is 9.59 Å². The van der Waals surface area contributed by atoms with E-state index in [2.05, 4.69) is 22.1 Å². The Morgan fingerprint density at radius 3 is 2.79 bits per heavy atom. The Bertz CT molecular complexity index is 1120. The maximum atomic E-state index is 12.6. The molecule has 0 aliphatic carbocycles. The lowest BCUT2D eigenvalue weighted by Gasteiger charge is -2.28. The van der Waals surface area contributed by atoms with Crippen molar-refractivity contribution in [3.63, 3.8) is 0 Å². The van der Waals surface area contributed by atoms with Gasteiger partial charge in [0.15, 0.2) is 0 Å². The predicted octanol–water partition coefficient (Wildman–Crippen LogP) is 3.56. The number of para-hydroxylation sites is 1. The summed E-state index contributed by atoms with van der Waals surface area (Å²) in [6.07, 6.45) is 1.69. The molecule has 5 nitrogen and oxygen atoms in total. The van der Waals surface area contributed by atoms with Gasteiger partial charge in [-0.3, -0.25) is 9.59 Å². The molecule has 1 aliphatic heterocycles. The van der Waals surface area contributed by atoms with Crippen LogP contribution in [0, 0.1) is 11.8 Å². The molecule has 1 N–H and O–H groups in total. The van der Waals surface area contributed by atoms with E-state index in [-0.39, 0.29) is 18.4 Å². The van der Waals surface area contributed by atoms with Crippen LogP contribution in [0.5, 0.6) is 0 Å². The zero-order valence-corrected chi connectivity index (χ0v) is 16.3. The average Bonchev–Trinajstić information content (AvgIpc) is 2.75. The number of nitrogens with zero attached hydrogens (tertiary/aromatic N) is 2. The fraction of sp³-hybridized carbons (Fsp3) is 0.0870. The largest absolute Gasteiger partial charge is 0.324 e. The maximum absolute atomic E-state index is 12.6. The van der Waals surface area contributed by atoms with Gasteiger partial charge < -0.3 is 10.2 Å². The van der Waals surface area contributed by atoms with Crippen molar-refractivity contribution in [3.8, 4) is 11.8 Å². The van der Waals surface area contributed by atoms with Crippen molar-refractivity contribution in [1.82, 2.24) is 4.98 Å². The summed E-state index contributed by atoms with van der Waals surface area (Å²) in [4.78, 5) is 31.6. The van der Waals surface area contributed by atoms with Gasteiger partial charge in [0.25, 0.3) is 0 Å². The van der Waals surface area contributed by atoms with E-state index in [4.69, 9.17) is 0 Å². The van der Waals surface area contributed by atoms with Crippen LogP contribution in [0.1, 0.15) is 11.3 Å². The third-order valence-corrected chi connectivity index (χ3v) is 5.30. The average molecular weight is 399 g/mol. The molecule has 2 aromatic carbocycles. The van der Waals surface area contributed by atoms with Gasteiger partial charge in [-0.25, -0.2) is 4.98 Å². The number of fused-ring (bicyclic) bond motifs is 1.